The first-order chi connectivity index (χ1) is 14.8. The van der Waals surface area contributed by atoms with Gasteiger partial charge in [-0.15, -0.1) is 0 Å². The molecule has 0 radical (unpaired) electrons. The molecular weight excluding hydrogens is 392 g/mol. The lowest BCUT2D eigenvalue weighted by atomic mass is 9.86. The van der Waals surface area contributed by atoms with E-state index in [0.717, 1.165) is 27.8 Å². The lowest BCUT2D eigenvalue weighted by Crippen LogP contribution is -2.24. The third-order valence-electron chi connectivity index (χ3n) is 5.95. The number of allylic oxidation sites excluding steroid dienone is 4. The highest BCUT2D eigenvalue weighted by Crippen LogP contribution is 2.55. The molecular formula is C26H28O5. The maximum absolute atomic E-state index is 11.6. The number of phenols is 2. The molecule has 2 N–H and O–H groups in total. The Bertz CT molecular complexity index is 1100. The summed E-state index contributed by atoms with van der Waals surface area (Å²) in [5.41, 5.74) is 5.68. The van der Waals surface area contributed by atoms with E-state index in [4.69, 9.17) is 9.47 Å². The normalized spacial score (nSPS) is 18.1. The predicted molar refractivity (Wildman–Crippen MR) is 119 cm³/mol. The van der Waals surface area contributed by atoms with Crippen LogP contribution in [0.1, 0.15) is 72.3 Å². The maximum Gasteiger partial charge on any atom is 0.153 e. The highest BCUT2D eigenvalue weighted by molar-refractivity contribution is 5.82. The van der Waals surface area contributed by atoms with E-state index in [-0.39, 0.29) is 29.1 Å². The lowest BCUT2D eigenvalue weighted by molar-refractivity contribution is 0.112. The fourth-order valence-electron chi connectivity index (χ4n) is 4.29. The van der Waals surface area contributed by atoms with Crippen LogP contribution in [0.4, 0.5) is 0 Å². The summed E-state index contributed by atoms with van der Waals surface area (Å²) in [5.74, 6) is 1.38. The van der Waals surface area contributed by atoms with Crippen molar-refractivity contribution in [3.63, 3.8) is 0 Å². The molecule has 0 saturated carbocycles. The van der Waals surface area contributed by atoms with Gasteiger partial charge in [-0.3, -0.25) is 4.79 Å². The van der Waals surface area contributed by atoms with Crippen LogP contribution < -0.4 is 9.47 Å². The van der Waals surface area contributed by atoms with Gasteiger partial charge in [0.05, 0.1) is 18.1 Å². The summed E-state index contributed by atoms with van der Waals surface area (Å²) in [6.07, 6.45) is 5.51. The molecule has 0 fully saturated rings. The van der Waals surface area contributed by atoms with Gasteiger partial charge in [-0.1, -0.05) is 23.3 Å². The number of rotatable bonds is 5. The number of aromatic hydroxyl groups is 2. The van der Waals surface area contributed by atoms with E-state index in [2.05, 4.69) is 6.08 Å². The zero-order valence-corrected chi connectivity index (χ0v) is 18.4. The van der Waals surface area contributed by atoms with Gasteiger partial charge in [-0.05, 0) is 58.7 Å². The highest BCUT2D eigenvalue weighted by Gasteiger charge is 2.43. The van der Waals surface area contributed by atoms with Gasteiger partial charge in [0.15, 0.2) is 6.29 Å². The zero-order chi connectivity index (χ0) is 22.3. The first kappa shape index (κ1) is 21.0. The number of aldehydes is 1. The molecule has 2 atom stereocenters. The van der Waals surface area contributed by atoms with Gasteiger partial charge in [0.25, 0.3) is 0 Å². The second-order valence-corrected chi connectivity index (χ2v) is 8.74. The Morgan fingerprint density at radius 2 is 1.68 bits per heavy atom. The molecule has 5 heteroatoms. The molecule has 4 rings (SSSR count). The number of carbonyl (C=O) groups excluding carboxylic acids is 1. The monoisotopic (exact) mass is 420 g/mol. The lowest BCUT2D eigenvalue weighted by Gasteiger charge is -2.29. The fourth-order valence-corrected chi connectivity index (χ4v) is 4.29. The summed E-state index contributed by atoms with van der Waals surface area (Å²) < 4.78 is 12.6. The molecule has 2 heterocycles. The summed E-state index contributed by atoms with van der Waals surface area (Å²) in [7, 11) is 0. The number of hydrogen-bond donors (Lipinski definition) is 2. The largest absolute Gasteiger partial charge is 0.508 e. The Kier molecular flexibility index (Phi) is 5.52. The standard InChI is InChI=1S/C26H28O5/c1-14(2)5-7-17-22(28)10-9-19-24(17)30-13-21-20-11-16(12-27)23(29)18(8-6-15(3)4)25(20)31-26(19)21/h5-6,9-12,21,26,28-29H,7-8,13H2,1-4H3. The predicted octanol–water partition coefficient (Wildman–Crippen LogP) is 5.54. The van der Waals surface area contributed by atoms with Crippen molar-refractivity contribution in [1.29, 1.82) is 0 Å². The van der Waals surface area contributed by atoms with Crippen molar-refractivity contribution in [2.75, 3.05) is 6.61 Å². The summed E-state index contributed by atoms with van der Waals surface area (Å²) in [6, 6.07) is 5.24. The minimum atomic E-state index is -0.295. The minimum Gasteiger partial charge on any atom is -0.508 e. The van der Waals surface area contributed by atoms with E-state index in [1.165, 1.54) is 0 Å². The topological polar surface area (TPSA) is 76.0 Å². The van der Waals surface area contributed by atoms with Crippen LogP contribution in [0.15, 0.2) is 41.5 Å². The highest BCUT2D eigenvalue weighted by atomic mass is 16.5. The average molecular weight is 421 g/mol. The van der Waals surface area contributed by atoms with Crippen LogP contribution in [0, 0.1) is 0 Å². The minimum absolute atomic E-state index is 0.0269. The van der Waals surface area contributed by atoms with Crippen LogP contribution in [0.2, 0.25) is 0 Å². The van der Waals surface area contributed by atoms with Crippen LogP contribution in [-0.2, 0) is 12.8 Å². The smallest absolute Gasteiger partial charge is 0.153 e. The quantitative estimate of drug-likeness (QED) is 0.491. The van der Waals surface area contributed by atoms with Crippen molar-refractivity contribution in [3.05, 3.63) is 69.3 Å². The third-order valence-corrected chi connectivity index (χ3v) is 5.95. The zero-order valence-electron chi connectivity index (χ0n) is 18.4. The second kappa shape index (κ2) is 8.14. The molecule has 5 nitrogen and oxygen atoms in total. The molecule has 0 amide bonds. The van der Waals surface area contributed by atoms with Gasteiger partial charge >= 0.3 is 0 Å². The van der Waals surface area contributed by atoms with E-state index in [1.54, 1.807) is 12.1 Å². The van der Waals surface area contributed by atoms with Gasteiger partial charge in [-0.25, -0.2) is 0 Å². The van der Waals surface area contributed by atoms with Gasteiger partial charge < -0.3 is 19.7 Å². The van der Waals surface area contributed by atoms with Crippen LogP contribution >= 0.6 is 0 Å². The molecule has 0 bridgehead atoms. The number of carbonyl (C=O) groups is 1. The SMILES string of the molecule is CC(C)=CCc1c(O)c(C=O)cc2c1OC1c3ccc(O)c(CC=C(C)C)c3OCC21. The summed E-state index contributed by atoms with van der Waals surface area (Å²) in [6.45, 7) is 8.40. The number of hydrogen-bond acceptors (Lipinski definition) is 5. The van der Waals surface area contributed by atoms with Crippen molar-refractivity contribution >= 4 is 6.29 Å². The number of fused-ring (bicyclic) bond motifs is 5. The Morgan fingerprint density at radius 1 is 1.00 bits per heavy atom. The van der Waals surface area contributed by atoms with Crippen LogP contribution in [-0.4, -0.2) is 23.1 Å². The molecule has 162 valence electrons. The van der Waals surface area contributed by atoms with Gasteiger partial charge in [0, 0.05) is 22.3 Å². The van der Waals surface area contributed by atoms with Crippen LogP contribution in [0.5, 0.6) is 23.0 Å². The number of benzene rings is 2. The Morgan fingerprint density at radius 3 is 2.32 bits per heavy atom. The number of phenolic OH excluding ortho intramolecular Hbond substituents is 2. The molecule has 2 aromatic carbocycles. The first-order valence-corrected chi connectivity index (χ1v) is 10.6. The molecule has 0 spiro atoms. The number of ether oxygens (including phenoxy) is 2. The maximum atomic E-state index is 11.6. The van der Waals surface area contributed by atoms with Crippen molar-refractivity contribution in [2.45, 2.75) is 52.6 Å². The molecule has 0 aromatic heterocycles. The molecule has 2 aliphatic heterocycles. The summed E-state index contributed by atoms with van der Waals surface area (Å²) in [5, 5.41) is 21.1. The van der Waals surface area contributed by atoms with Crippen molar-refractivity contribution in [3.8, 4) is 23.0 Å². The van der Waals surface area contributed by atoms with Gasteiger partial charge in [0.2, 0.25) is 0 Å². The van der Waals surface area contributed by atoms with E-state index < -0.39 is 0 Å². The van der Waals surface area contributed by atoms with Crippen LogP contribution in [0.25, 0.3) is 0 Å². The average Bonchev–Trinajstić information content (AvgIpc) is 3.09. The first-order valence-electron chi connectivity index (χ1n) is 10.6. The second-order valence-electron chi connectivity index (χ2n) is 8.74. The van der Waals surface area contributed by atoms with E-state index in [9.17, 15) is 15.0 Å². The molecule has 2 unspecified atom stereocenters. The molecule has 0 aliphatic carbocycles. The third kappa shape index (κ3) is 3.69. The Balaban J connectivity index is 1.80. The van der Waals surface area contributed by atoms with Gasteiger partial charge in [-0.2, -0.15) is 0 Å². The summed E-state index contributed by atoms with van der Waals surface area (Å²) >= 11 is 0. The fraction of sp³-hybridized carbons (Fsp3) is 0.346. The van der Waals surface area contributed by atoms with Crippen molar-refractivity contribution < 1.29 is 24.5 Å². The van der Waals surface area contributed by atoms with Crippen molar-refractivity contribution in [1.82, 2.24) is 0 Å². The molecule has 2 aliphatic rings. The summed E-state index contributed by atoms with van der Waals surface area (Å²) in [4.78, 5) is 11.6. The Hall–Kier alpha value is -3.21. The Labute approximate surface area is 182 Å². The van der Waals surface area contributed by atoms with E-state index in [1.807, 2.05) is 39.8 Å². The molecule has 0 saturated heterocycles. The van der Waals surface area contributed by atoms with Crippen molar-refractivity contribution in [2.24, 2.45) is 0 Å². The molecule has 31 heavy (non-hydrogen) atoms. The van der Waals surface area contributed by atoms with Gasteiger partial charge in [0.1, 0.15) is 29.1 Å². The van der Waals surface area contributed by atoms with Crippen LogP contribution in [0.3, 0.4) is 0 Å². The molecule has 2 aromatic rings. The van der Waals surface area contributed by atoms with E-state index >= 15 is 0 Å². The van der Waals surface area contributed by atoms with E-state index in [0.29, 0.717) is 42.8 Å².